The van der Waals surface area contributed by atoms with E-state index in [0.717, 1.165) is 43.9 Å². The number of rotatable bonds is 3. The zero-order valence-corrected chi connectivity index (χ0v) is 18.7. The predicted octanol–water partition coefficient (Wildman–Crippen LogP) is 5.45. The molecule has 29 heavy (non-hydrogen) atoms. The van der Waals surface area contributed by atoms with Crippen molar-refractivity contribution in [2.45, 2.75) is 58.9 Å². The average molecular weight is 399 g/mol. The standard InChI is InChI=1S/C25H35FN2O/c1-24(2,3)19-15-18(16-20(23(19)29)25(4,5)6)17-27-11-13-28(14-12-27)22-10-8-7-9-21(22)26/h7-10,15-16,29H,11-14,17H2,1-6H3. The molecule has 3 rings (SSSR count). The Hall–Kier alpha value is -2.07. The first kappa shape index (κ1) is 21.6. The van der Waals surface area contributed by atoms with Gasteiger partial charge in [0.1, 0.15) is 11.6 Å². The minimum absolute atomic E-state index is 0.121. The van der Waals surface area contributed by atoms with Crippen LogP contribution >= 0.6 is 0 Å². The fourth-order valence-corrected chi connectivity index (χ4v) is 4.04. The number of aromatic hydroxyl groups is 1. The summed E-state index contributed by atoms with van der Waals surface area (Å²) in [6.07, 6.45) is 0. The van der Waals surface area contributed by atoms with Crippen LogP contribution in [0.4, 0.5) is 10.1 Å². The molecule has 3 nitrogen and oxygen atoms in total. The van der Waals surface area contributed by atoms with Gasteiger partial charge < -0.3 is 10.0 Å². The molecule has 0 unspecified atom stereocenters. The fourth-order valence-electron chi connectivity index (χ4n) is 4.04. The van der Waals surface area contributed by atoms with Crippen LogP contribution < -0.4 is 4.90 Å². The molecular weight excluding hydrogens is 363 g/mol. The van der Waals surface area contributed by atoms with Crippen molar-refractivity contribution in [3.8, 4) is 5.75 Å². The Kier molecular flexibility index (Phi) is 5.96. The van der Waals surface area contributed by atoms with Gasteiger partial charge >= 0.3 is 0 Å². The zero-order chi connectivity index (χ0) is 21.4. The lowest BCUT2D eigenvalue weighted by molar-refractivity contribution is 0.248. The van der Waals surface area contributed by atoms with Gasteiger partial charge in [0.25, 0.3) is 0 Å². The number of anilines is 1. The summed E-state index contributed by atoms with van der Waals surface area (Å²) in [5.74, 6) is 0.280. The smallest absolute Gasteiger partial charge is 0.146 e. The van der Waals surface area contributed by atoms with Gasteiger partial charge in [0.15, 0.2) is 0 Å². The highest BCUT2D eigenvalue weighted by molar-refractivity contribution is 5.50. The maximum Gasteiger partial charge on any atom is 0.146 e. The molecule has 0 aliphatic carbocycles. The third-order valence-corrected chi connectivity index (χ3v) is 5.76. The number of benzene rings is 2. The van der Waals surface area contributed by atoms with Crippen LogP contribution in [0.25, 0.3) is 0 Å². The minimum Gasteiger partial charge on any atom is -0.507 e. The lowest BCUT2D eigenvalue weighted by atomic mass is 9.78. The molecular formula is C25H35FN2O. The molecule has 0 saturated carbocycles. The van der Waals surface area contributed by atoms with Crippen LogP contribution in [0.1, 0.15) is 58.2 Å². The molecule has 1 N–H and O–H groups in total. The molecule has 0 spiro atoms. The van der Waals surface area contributed by atoms with Gasteiger partial charge in [-0.15, -0.1) is 0 Å². The van der Waals surface area contributed by atoms with Gasteiger partial charge in [-0.3, -0.25) is 4.90 Å². The minimum atomic E-state index is -0.149. The van der Waals surface area contributed by atoms with E-state index in [1.54, 1.807) is 6.07 Å². The number of hydrogen-bond acceptors (Lipinski definition) is 3. The van der Waals surface area contributed by atoms with E-state index < -0.39 is 0 Å². The van der Waals surface area contributed by atoms with E-state index in [1.807, 2.05) is 12.1 Å². The molecule has 0 radical (unpaired) electrons. The third-order valence-electron chi connectivity index (χ3n) is 5.76. The van der Waals surface area contributed by atoms with Crippen molar-refractivity contribution in [1.29, 1.82) is 0 Å². The molecule has 2 aromatic rings. The Balaban J connectivity index is 1.78. The molecule has 0 atom stereocenters. The van der Waals surface area contributed by atoms with Crippen molar-refractivity contribution in [3.63, 3.8) is 0 Å². The van der Waals surface area contributed by atoms with Crippen molar-refractivity contribution in [3.05, 3.63) is 58.9 Å². The largest absolute Gasteiger partial charge is 0.507 e. The zero-order valence-electron chi connectivity index (χ0n) is 18.7. The molecule has 1 aliphatic heterocycles. The highest BCUT2D eigenvalue weighted by Crippen LogP contribution is 2.40. The Morgan fingerprint density at radius 3 is 1.86 bits per heavy atom. The van der Waals surface area contributed by atoms with E-state index in [9.17, 15) is 9.50 Å². The summed E-state index contributed by atoms with van der Waals surface area (Å²) < 4.78 is 14.1. The van der Waals surface area contributed by atoms with Crippen molar-refractivity contribution in [1.82, 2.24) is 4.90 Å². The van der Waals surface area contributed by atoms with Crippen molar-refractivity contribution in [2.75, 3.05) is 31.1 Å². The molecule has 0 aromatic heterocycles. The molecule has 0 bridgehead atoms. The Morgan fingerprint density at radius 2 is 1.38 bits per heavy atom. The number of nitrogens with zero attached hydrogens (tertiary/aromatic N) is 2. The van der Waals surface area contributed by atoms with Crippen molar-refractivity contribution < 1.29 is 9.50 Å². The Morgan fingerprint density at radius 1 is 0.862 bits per heavy atom. The number of hydrogen-bond donors (Lipinski definition) is 1. The maximum atomic E-state index is 14.1. The molecule has 1 heterocycles. The quantitative estimate of drug-likeness (QED) is 0.745. The van der Waals surface area contributed by atoms with Crippen molar-refractivity contribution in [2.24, 2.45) is 0 Å². The van der Waals surface area contributed by atoms with Gasteiger partial charge in [-0.25, -0.2) is 4.39 Å². The number of phenolic OH excluding ortho intramolecular Hbond substituents is 1. The van der Waals surface area contributed by atoms with Crippen LogP contribution in [0, 0.1) is 5.82 Å². The summed E-state index contributed by atoms with van der Waals surface area (Å²) in [5, 5.41) is 10.9. The topological polar surface area (TPSA) is 26.7 Å². The maximum absolute atomic E-state index is 14.1. The van der Waals surface area contributed by atoms with Crippen LogP contribution in [0.3, 0.4) is 0 Å². The van der Waals surface area contributed by atoms with Gasteiger partial charge in [-0.1, -0.05) is 65.8 Å². The lowest BCUT2D eigenvalue weighted by Gasteiger charge is -2.36. The van der Waals surface area contributed by atoms with Crippen LogP contribution in [0.15, 0.2) is 36.4 Å². The van der Waals surface area contributed by atoms with E-state index in [1.165, 1.54) is 11.6 Å². The van der Waals surface area contributed by atoms with E-state index in [2.05, 4.69) is 63.5 Å². The summed E-state index contributed by atoms with van der Waals surface area (Å²) in [4.78, 5) is 4.55. The highest BCUT2D eigenvalue weighted by Gasteiger charge is 2.27. The summed E-state index contributed by atoms with van der Waals surface area (Å²) >= 11 is 0. The van der Waals surface area contributed by atoms with Crippen molar-refractivity contribution >= 4 is 5.69 Å². The molecule has 1 aliphatic rings. The summed E-state index contributed by atoms with van der Waals surface area (Å²) in [6, 6.07) is 11.3. The molecule has 1 saturated heterocycles. The van der Waals surface area contributed by atoms with E-state index in [-0.39, 0.29) is 16.6 Å². The first-order chi connectivity index (χ1) is 13.5. The lowest BCUT2D eigenvalue weighted by Crippen LogP contribution is -2.46. The Labute approximate surface area is 175 Å². The van der Waals surface area contributed by atoms with Gasteiger partial charge in [0.2, 0.25) is 0 Å². The first-order valence-corrected chi connectivity index (χ1v) is 10.6. The summed E-state index contributed by atoms with van der Waals surface area (Å²) in [7, 11) is 0. The first-order valence-electron chi connectivity index (χ1n) is 10.6. The van der Waals surface area contributed by atoms with Gasteiger partial charge in [0, 0.05) is 32.7 Å². The molecule has 1 fully saturated rings. The monoisotopic (exact) mass is 398 g/mol. The fraction of sp³-hybridized carbons (Fsp3) is 0.520. The SMILES string of the molecule is CC(C)(C)c1cc(CN2CCN(c3ccccc3F)CC2)cc(C(C)(C)C)c1O. The second kappa shape index (κ2) is 7.98. The van der Waals surface area contributed by atoms with E-state index in [0.29, 0.717) is 11.4 Å². The predicted molar refractivity (Wildman–Crippen MR) is 119 cm³/mol. The second-order valence-corrected chi connectivity index (χ2v) is 10.3. The number of para-hydroxylation sites is 1. The van der Waals surface area contributed by atoms with Gasteiger partial charge in [-0.2, -0.15) is 0 Å². The highest BCUT2D eigenvalue weighted by atomic mass is 19.1. The van der Waals surface area contributed by atoms with Crippen LogP contribution in [0.2, 0.25) is 0 Å². The van der Waals surface area contributed by atoms with E-state index >= 15 is 0 Å². The second-order valence-electron chi connectivity index (χ2n) is 10.3. The van der Waals surface area contributed by atoms with Crippen LogP contribution in [-0.4, -0.2) is 36.2 Å². The summed E-state index contributed by atoms with van der Waals surface area (Å²) in [5.41, 5.74) is 3.70. The summed E-state index contributed by atoms with van der Waals surface area (Å²) in [6.45, 7) is 17.1. The number of phenols is 1. The number of piperazine rings is 1. The van der Waals surface area contributed by atoms with Gasteiger partial charge in [0.05, 0.1) is 5.69 Å². The third kappa shape index (κ3) is 4.92. The van der Waals surface area contributed by atoms with Crippen LogP contribution in [-0.2, 0) is 17.4 Å². The van der Waals surface area contributed by atoms with Gasteiger partial charge in [-0.05, 0) is 39.7 Å². The molecule has 2 aromatic carbocycles. The van der Waals surface area contributed by atoms with E-state index in [4.69, 9.17) is 0 Å². The molecule has 0 amide bonds. The Bertz CT molecular complexity index is 821. The number of halogens is 1. The normalized spacial score (nSPS) is 16.3. The van der Waals surface area contributed by atoms with Crippen LogP contribution in [0.5, 0.6) is 5.75 Å². The molecule has 4 heteroatoms. The average Bonchev–Trinajstić information content (AvgIpc) is 2.62. The molecule has 158 valence electrons.